The number of rotatable bonds is 3. The zero-order valence-corrected chi connectivity index (χ0v) is 15.1. The van der Waals surface area contributed by atoms with E-state index in [2.05, 4.69) is 0 Å². The zero-order valence-electron chi connectivity index (χ0n) is 9.01. The first-order valence-corrected chi connectivity index (χ1v) is 8.80. The molecule has 2 rings (SSSR count). The van der Waals surface area contributed by atoms with Crippen LogP contribution in [0.5, 0.6) is 0 Å². The Morgan fingerprint density at radius 3 is 1.72 bits per heavy atom. The predicted molar refractivity (Wildman–Crippen MR) is 83.6 cm³/mol. The lowest BCUT2D eigenvalue weighted by Crippen LogP contribution is -2.55. The number of hydrogen-bond acceptors (Lipinski definition) is 0. The molecular formula is C10H10Cl8. The SMILES string of the molecule is ClCC1(CCl)C2CC(Cl)(Cl)C1(CCl)C(Cl)C2(Cl)Cl. The molecule has 3 atom stereocenters. The molecule has 106 valence electrons. The van der Waals surface area contributed by atoms with Gasteiger partial charge in [0.05, 0.1) is 5.38 Å². The van der Waals surface area contributed by atoms with Crippen molar-refractivity contribution in [1.82, 2.24) is 0 Å². The van der Waals surface area contributed by atoms with Crippen LogP contribution in [0.25, 0.3) is 0 Å². The van der Waals surface area contributed by atoms with E-state index < -0.39 is 24.9 Å². The summed E-state index contributed by atoms with van der Waals surface area (Å²) in [5, 5.41) is -0.711. The second kappa shape index (κ2) is 4.92. The Kier molecular flexibility index (Phi) is 4.56. The molecule has 2 bridgehead atoms. The Bertz CT molecular complexity index is 350. The highest BCUT2D eigenvalue weighted by atomic mass is 35.5. The maximum absolute atomic E-state index is 6.45. The van der Waals surface area contributed by atoms with Crippen molar-refractivity contribution < 1.29 is 0 Å². The molecule has 0 saturated heterocycles. The first kappa shape index (κ1) is 16.7. The van der Waals surface area contributed by atoms with E-state index in [1.165, 1.54) is 0 Å². The smallest absolute Gasteiger partial charge is 0.126 e. The van der Waals surface area contributed by atoms with Crippen molar-refractivity contribution in [3.05, 3.63) is 0 Å². The van der Waals surface area contributed by atoms with Crippen molar-refractivity contribution in [3.63, 3.8) is 0 Å². The average Bonchev–Trinajstić information content (AvgIpc) is 2.60. The van der Waals surface area contributed by atoms with Crippen molar-refractivity contribution in [2.45, 2.75) is 20.5 Å². The highest BCUT2D eigenvalue weighted by molar-refractivity contribution is 6.56. The first-order chi connectivity index (χ1) is 8.18. The van der Waals surface area contributed by atoms with Crippen LogP contribution in [0.3, 0.4) is 0 Å². The Balaban J connectivity index is 2.70. The van der Waals surface area contributed by atoms with Gasteiger partial charge in [-0.25, -0.2) is 0 Å². The fourth-order valence-electron chi connectivity index (χ4n) is 3.52. The van der Waals surface area contributed by atoms with Gasteiger partial charge in [-0.3, -0.25) is 0 Å². The molecular weight excluding hydrogens is 404 g/mol. The van der Waals surface area contributed by atoms with E-state index in [9.17, 15) is 0 Å². The Labute approximate surface area is 146 Å². The molecule has 0 aromatic rings. The van der Waals surface area contributed by atoms with Gasteiger partial charge in [0, 0.05) is 34.4 Å². The number of alkyl halides is 8. The molecule has 2 aliphatic rings. The monoisotopic (exact) mass is 410 g/mol. The van der Waals surface area contributed by atoms with E-state index >= 15 is 0 Å². The van der Waals surface area contributed by atoms with Crippen molar-refractivity contribution >= 4 is 92.8 Å². The lowest BCUT2D eigenvalue weighted by molar-refractivity contribution is 0.160. The van der Waals surface area contributed by atoms with Crippen molar-refractivity contribution in [2.75, 3.05) is 17.6 Å². The summed E-state index contributed by atoms with van der Waals surface area (Å²) in [6.07, 6.45) is 0.374. The molecule has 0 spiro atoms. The van der Waals surface area contributed by atoms with E-state index in [4.69, 9.17) is 92.8 Å². The molecule has 2 saturated carbocycles. The van der Waals surface area contributed by atoms with Crippen LogP contribution in [-0.4, -0.2) is 31.7 Å². The molecule has 0 amide bonds. The summed E-state index contributed by atoms with van der Waals surface area (Å²) >= 11 is 50.6. The van der Waals surface area contributed by atoms with Crippen molar-refractivity contribution in [1.29, 1.82) is 0 Å². The van der Waals surface area contributed by atoms with Crippen LogP contribution in [-0.2, 0) is 0 Å². The van der Waals surface area contributed by atoms with E-state index in [0.29, 0.717) is 6.42 Å². The third kappa shape index (κ3) is 1.62. The topological polar surface area (TPSA) is 0 Å². The van der Waals surface area contributed by atoms with Crippen LogP contribution < -0.4 is 0 Å². The van der Waals surface area contributed by atoms with Crippen LogP contribution in [0, 0.1) is 16.7 Å². The fourth-order valence-corrected chi connectivity index (χ4v) is 8.24. The van der Waals surface area contributed by atoms with Gasteiger partial charge in [0.1, 0.15) is 8.67 Å². The van der Waals surface area contributed by atoms with Crippen molar-refractivity contribution in [3.8, 4) is 0 Å². The summed E-state index contributed by atoms with van der Waals surface area (Å²) in [4.78, 5) is 0. The Hall–Kier alpha value is 2.32. The minimum atomic E-state index is -1.19. The number of halogens is 8. The maximum atomic E-state index is 6.45. The molecule has 8 heteroatoms. The molecule has 0 heterocycles. The van der Waals surface area contributed by atoms with Crippen LogP contribution in [0.15, 0.2) is 0 Å². The van der Waals surface area contributed by atoms with Crippen molar-refractivity contribution in [2.24, 2.45) is 16.7 Å². The van der Waals surface area contributed by atoms with Gasteiger partial charge in [-0.1, -0.05) is 23.2 Å². The van der Waals surface area contributed by atoms with Gasteiger partial charge in [0.15, 0.2) is 0 Å². The highest BCUT2D eigenvalue weighted by Crippen LogP contribution is 2.80. The Morgan fingerprint density at radius 2 is 1.39 bits per heavy atom. The quantitative estimate of drug-likeness (QED) is 0.523. The summed E-state index contributed by atoms with van der Waals surface area (Å²) in [6.45, 7) is 0. The lowest BCUT2D eigenvalue weighted by atomic mass is 9.70. The summed E-state index contributed by atoms with van der Waals surface area (Å²) in [6, 6.07) is 0. The standard InChI is InChI=1S/C10H10Cl8/c11-2-7(3-12)5-1-9(15,16)8(7,4-13)6(14)10(5,17)18/h5-6H,1-4H2. The van der Waals surface area contributed by atoms with E-state index in [-0.39, 0.29) is 23.6 Å². The largest absolute Gasteiger partial charge is 0.138 e. The van der Waals surface area contributed by atoms with Gasteiger partial charge in [0.2, 0.25) is 0 Å². The van der Waals surface area contributed by atoms with Gasteiger partial charge >= 0.3 is 0 Å². The normalized spacial score (nSPS) is 43.3. The summed E-state index contributed by atoms with van der Waals surface area (Å²) in [5.41, 5.74) is -1.58. The minimum absolute atomic E-state index is 0.102. The van der Waals surface area contributed by atoms with Gasteiger partial charge < -0.3 is 0 Å². The van der Waals surface area contributed by atoms with E-state index in [0.717, 1.165) is 0 Å². The van der Waals surface area contributed by atoms with Gasteiger partial charge in [-0.15, -0.1) is 69.6 Å². The van der Waals surface area contributed by atoms with Crippen LogP contribution in [0.1, 0.15) is 6.42 Å². The molecule has 0 N–H and O–H groups in total. The molecule has 2 aliphatic carbocycles. The second-order valence-electron chi connectivity index (χ2n) is 5.03. The maximum Gasteiger partial charge on any atom is 0.138 e. The summed E-state index contributed by atoms with van der Waals surface area (Å²) in [5.74, 6) is 0.226. The fraction of sp³-hybridized carbons (Fsp3) is 1.00. The van der Waals surface area contributed by atoms with Gasteiger partial charge in [-0.2, -0.15) is 0 Å². The third-order valence-electron chi connectivity index (χ3n) is 4.59. The first-order valence-electron chi connectivity index (χ1n) is 5.25. The van der Waals surface area contributed by atoms with E-state index in [1.54, 1.807) is 0 Å². The minimum Gasteiger partial charge on any atom is -0.126 e. The second-order valence-corrected chi connectivity index (χ2v) is 9.19. The van der Waals surface area contributed by atoms with Crippen LogP contribution in [0.4, 0.5) is 0 Å². The molecule has 2 fully saturated rings. The number of hydrogen-bond donors (Lipinski definition) is 0. The van der Waals surface area contributed by atoms with Crippen LogP contribution in [0.2, 0.25) is 0 Å². The van der Waals surface area contributed by atoms with Gasteiger partial charge in [-0.05, 0) is 6.42 Å². The summed E-state index contributed by atoms with van der Waals surface area (Å²) < 4.78 is -2.32. The molecule has 0 aliphatic heterocycles. The molecule has 0 aromatic carbocycles. The molecule has 18 heavy (non-hydrogen) atoms. The van der Waals surface area contributed by atoms with E-state index in [1.807, 2.05) is 0 Å². The molecule has 0 radical (unpaired) electrons. The number of fused-ring (bicyclic) bond motifs is 2. The molecule has 0 aromatic heterocycles. The lowest BCUT2D eigenvalue weighted by Gasteiger charge is -2.47. The van der Waals surface area contributed by atoms with Crippen LogP contribution >= 0.6 is 92.8 Å². The average molecular weight is 414 g/mol. The highest BCUT2D eigenvalue weighted by Gasteiger charge is 2.84. The molecule has 0 nitrogen and oxygen atoms in total. The summed E-state index contributed by atoms with van der Waals surface area (Å²) in [7, 11) is 0. The van der Waals surface area contributed by atoms with Gasteiger partial charge in [0.25, 0.3) is 0 Å². The molecule has 3 unspecified atom stereocenters. The Morgan fingerprint density at radius 1 is 0.889 bits per heavy atom. The predicted octanol–water partition coefficient (Wildman–Crippen LogP) is 5.66. The zero-order chi connectivity index (χ0) is 14.0. The third-order valence-corrected chi connectivity index (χ3v) is 8.85.